The van der Waals surface area contributed by atoms with E-state index in [1.807, 2.05) is 12.1 Å². The number of anilines is 2. The third-order valence-electron chi connectivity index (χ3n) is 4.66. The second-order valence-electron chi connectivity index (χ2n) is 7.41. The maximum atomic E-state index is 12.8. The van der Waals surface area contributed by atoms with Gasteiger partial charge in [0.2, 0.25) is 0 Å². The number of hydroxylamine groups is 1. The first kappa shape index (κ1) is 25.2. The number of sulfonamides is 1. The molecular weight excluding hydrogens is 426 g/mol. The molecule has 8 heteroatoms. The summed E-state index contributed by atoms with van der Waals surface area (Å²) in [6, 6.07) is 13.9. The lowest BCUT2D eigenvalue weighted by atomic mass is 10.1. The highest BCUT2D eigenvalue weighted by atomic mass is 32.2. The predicted molar refractivity (Wildman–Crippen MR) is 129 cm³/mol. The van der Waals surface area contributed by atoms with Gasteiger partial charge >= 0.3 is 0 Å². The number of amides is 1. The van der Waals surface area contributed by atoms with Crippen molar-refractivity contribution in [2.24, 2.45) is 0 Å². The molecule has 0 saturated carbocycles. The Balaban J connectivity index is 2.10. The van der Waals surface area contributed by atoms with Crippen molar-refractivity contribution in [1.29, 1.82) is 0 Å². The topological polar surface area (TPSA) is 98.7 Å². The number of rotatable bonds is 11. The van der Waals surface area contributed by atoms with Gasteiger partial charge in [-0.25, -0.2) is 13.9 Å². The third-order valence-corrected chi connectivity index (χ3v) is 6.06. The van der Waals surface area contributed by atoms with Gasteiger partial charge in [-0.2, -0.15) is 0 Å². The maximum Gasteiger partial charge on any atom is 0.267 e. The molecule has 2 rings (SSSR count). The summed E-state index contributed by atoms with van der Waals surface area (Å²) in [4.78, 5) is 13.5. The lowest BCUT2D eigenvalue weighted by Crippen LogP contribution is -2.24. The van der Waals surface area contributed by atoms with Crippen molar-refractivity contribution in [1.82, 2.24) is 5.48 Å². The highest BCUT2D eigenvalue weighted by Crippen LogP contribution is 2.22. The van der Waals surface area contributed by atoms with Gasteiger partial charge in [-0.15, -0.1) is 0 Å². The highest BCUT2D eigenvalue weighted by molar-refractivity contribution is 7.92. The van der Waals surface area contributed by atoms with Crippen LogP contribution in [-0.2, 0) is 14.8 Å². The summed E-state index contributed by atoms with van der Waals surface area (Å²) in [7, 11) is -3.72. The van der Waals surface area contributed by atoms with Crippen LogP contribution in [-0.4, -0.2) is 32.6 Å². The van der Waals surface area contributed by atoms with Gasteiger partial charge in [0.15, 0.2) is 0 Å². The van der Waals surface area contributed by atoms with Crippen molar-refractivity contribution in [2.45, 2.75) is 38.5 Å². The normalized spacial score (nSPS) is 12.1. The van der Waals surface area contributed by atoms with Gasteiger partial charge in [-0.05, 0) is 61.7 Å². The number of nitrogens with zero attached hydrogens (tertiary/aromatic N) is 1. The molecule has 0 aliphatic heterocycles. The minimum Gasteiger partial charge on any atom is -0.372 e. The van der Waals surface area contributed by atoms with Gasteiger partial charge in [0.05, 0.1) is 4.90 Å². The standard InChI is InChI=1S/C24H31N3O4S/c1-4-16-27(17-5-2)22-11-9-21(10-12-22)26-32(30,31)23-13-7-20(8-14-23)18-19(3)6-15-24(28)25-29/h6-15,18,26,29H,4-5,16-17H2,1-3H3,(H,25,28)/b15-6+,19-18+. The molecule has 0 saturated heterocycles. The van der Waals surface area contributed by atoms with E-state index >= 15 is 0 Å². The minimum absolute atomic E-state index is 0.158. The van der Waals surface area contributed by atoms with Crippen molar-refractivity contribution >= 4 is 33.4 Å². The summed E-state index contributed by atoms with van der Waals surface area (Å²) in [5, 5.41) is 8.50. The number of carbonyl (C=O) groups excluding carboxylic acids is 1. The minimum atomic E-state index is -3.72. The zero-order valence-corrected chi connectivity index (χ0v) is 19.5. The van der Waals surface area contributed by atoms with Crippen molar-refractivity contribution in [3.8, 4) is 0 Å². The monoisotopic (exact) mass is 457 g/mol. The van der Waals surface area contributed by atoms with Crippen LogP contribution < -0.4 is 15.1 Å². The molecule has 0 unspecified atom stereocenters. The van der Waals surface area contributed by atoms with E-state index in [0.717, 1.165) is 42.8 Å². The van der Waals surface area contributed by atoms with E-state index in [1.54, 1.807) is 43.3 Å². The number of hydrogen-bond acceptors (Lipinski definition) is 5. The number of benzene rings is 2. The predicted octanol–water partition coefficient (Wildman–Crippen LogP) is 4.58. The molecule has 0 spiro atoms. The summed E-state index contributed by atoms with van der Waals surface area (Å²) in [6.45, 7) is 7.99. The van der Waals surface area contributed by atoms with Crippen molar-refractivity contribution in [3.05, 3.63) is 71.8 Å². The molecule has 0 aromatic heterocycles. The van der Waals surface area contributed by atoms with Gasteiger partial charge in [0.25, 0.3) is 15.9 Å². The van der Waals surface area contributed by atoms with Crippen LogP contribution in [0.5, 0.6) is 0 Å². The molecule has 0 radical (unpaired) electrons. The Hall–Kier alpha value is -3.10. The summed E-state index contributed by atoms with van der Waals surface area (Å²) in [5.74, 6) is -0.623. The highest BCUT2D eigenvalue weighted by Gasteiger charge is 2.14. The van der Waals surface area contributed by atoms with E-state index in [1.165, 1.54) is 23.7 Å². The Morgan fingerprint density at radius 2 is 1.56 bits per heavy atom. The number of carbonyl (C=O) groups is 1. The van der Waals surface area contributed by atoms with Crippen LogP contribution in [0.25, 0.3) is 6.08 Å². The maximum absolute atomic E-state index is 12.8. The first-order valence-electron chi connectivity index (χ1n) is 10.6. The summed E-state index contributed by atoms with van der Waals surface area (Å²) >= 11 is 0. The molecule has 172 valence electrons. The molecule has 2 aromatic carbocycles. The Morgan fingerprint density at radius 3 is 2.09 bits per heavy atom. The molecule has 0 fully saturated rings. The van der Waals surface area contributed by atoms with E-state index in [0.29, 0.717) is 5.69 Å². The smallest absolute Gasteiger partial charge is 0.267 e. The van der Waals surface area contributed by atoms with Crippen molar-refractivity contribution in [3.63, 3.8) is 0 Å². The van der Waals surface area contributed by atoms with E-state index in [9.17, 15) is 13.2 Å². The van der Waals surface area contributed by atoms with E-state index in [2.05, 4.69) is 23.5 Å². The number of nitrogens with one attached hydrogen (secondary N) is 2. The van der Waals surface area contributed by atoms with Crippen LogP contribution in [0.15, 0.2) is 71.2 Å². The molecule has 2 aromatic rings. The third kappa shape index (κ3) is 7.55. The van der Waals surface area contributed by atoms with Crippen LogP contribution in [0.1, 0.15) is 39.2 Å². The Morgan fingerprint density at radius 1 is 0.969 bits per heavy atom. The average Bonchev–Trinajstić information content (AvgIpc) is 2.78. The Bertz CT molecular complexity index is 1040. The molecule has 0 heterocycles. The Labute approximate surface area is 190 Å². The molecule has 0 aliphatic rings. The second kappa shape index (κ2) is 12.1. The zero-order chi connectivity index (χ0) is 23.6. The molecule has 32 heavy (non-hydrogen) atoms. The summed E-state index contributed by atoms with van der Waals surface area (Å²) in [5.41, 5.74) is 4.65. The lowest BCUT2D eigenvalue weighted by molar-refractivity contribution is -0.124. The van der Waals surface area contributed by atoms with Gasteiger partial charge in [-0.3, -0.25) is 14.7 Å². The molecule has 3 N–H and O–H groups in total. The first-order chi connectivity index (χ1) is 15.3. The first-order valence-corrected chi connectivity index (χ1v) is 12.1. The fourth-order valence-corrected chi connectivity index (χ4v) is 4.22. The van der Waals surface area contributed by atoms with Gasteiger partial charge in [-0.1, -0.05) is 43.7 Å². The summed E-state index contributed by atoms with van der Waals surface area (Å²) in [6.07, 6.45) is 6.63. The van der Waals surface area contributed by atoms with E-state index in [-0.39, 0.29) is 4.90 Å². The van der Waals surface area contributed by atoms with Gasteiger partial charge < -0.3 is 4.90 Å². The number of hydrogen-bond donors (Lipinski definition) is 3. The van der Waals surface area contributed by atoms with Gasteiger partial charge in [0.1, 0.15) is 0 Å². The van der Waals surface area contributed by atoms with Crippen LogP contribution in [0.4, 0.5) is 11.4 Å². The molecule has 0 atom stereocenters. The molecular formula is C24H31N3O4S. The fraction of sp³-hybridized carbons (Fsp3) is 0.292. The van der Waals surface area contributed by atoms with E-state index < -0.39 is 15.9 Å². The molecule has 0 bridgehead atoms. The lowest BCUT2D eigenvalue weighted by Gasteiger charge is -2.24. The number of allylic oxidation sites excluding steroid dienone is 2. The average molecular weight is 458 g/mol. The van der Waals surface area contributed by atoms with Crippen LogP contribution >= 0.6 is 0 Å². The second-order valence-corrected chi connectivity index (χ2v) is 9.09. The van der Waals surface area contributed by atoms with Crippen LogP contribution in [0.2, 0.25) is 0 Å². The quantitative estimate of drug-likeness (QED) is 0.199. The Kier molecular flexibility index (Phi) is 9.49. The van der Waals surface area contributed by atoms with Crippen molar-refractivity contribution in [2.75, 3.05) is 22.7 Å². The molecule has 1 amide bonds. The van der Waals surface area contributed by atoms with Crippen molar-refractivity contribution < 1.29 is 18.4 Å². The van der Waals surface area contributed by atoms with Crippen LogP contribution in [0, 0.1) is 0 Å². The van der Waals surface area contributed by atoms with Crippen LogP contribution in [0.3, 0.4) is 0 Å². The van der Waals surface area contributed by atoms with E-state index in [4.69, 9.17) is 5.21 Å². The molecule has 0 aliphatic carbocycles. The molecule has 7 nitrogen and oxygen atoms in total. The summed E-state index contributed by atoms with van der Waals surface area (Å²) < 4.78 is 28.1. The SMILES string of the molecule is CCCN(CCC)c1ccc(NS(=O)(=O)c2ccc(/C=C(C)/C=C/C(=O)NO)cc2)cc1. The largest absolute Gasteiger partial charge is 0.372 e. The zero-order valence-electron chi connectivity index (χ0n) is 18.7. The van der Waals surface area contributed by atoms with Gasteiger partial charge in [0, 0.05) is 30.5 Å². The fourth-order valence-electron chi connectivity index (χ4n) is 3.16.